The molecule has 23 heavy (non-hydrogen) atoms. The molecule has 4 N–H and O–H groups in total. The number of hydrogen-bond acceptors (Lipinski definition) is 5. The first kappa shape index (κ1) is 18.6. The summed E-state index contributed by atoms with van der Waals surface area (Å²) in [6, 6.07) is 0. The van der Waals surface area contributed by atoms with Gasteiger partial charge in [-0.15, -0.1) is 0 Å². The Labute approximate surface area is 142 Å². The highest BCUT2D eigenvalue weighted by atomic mass is 15.4. The molecule has 5 heteroatoms. The van der Waals surface area contributed by atoms with Gasteiger partial charge in [-0.25, -0.2) is 5.84 Å². The molecule has 0 aromatic rings. The number of nitrogens with zero attached hydrogens (tertiary/aromatic N) is 3. The van der Waals surface area contributed by atoms with Crippen LogP contribution in [-0.2, 0) is 0 Å². The van der Waals surface area contributed by atoms with Gasteiger partial charge in [-0.05, 0) is 69.6 Å². The number of likely N-dealkylation sites (tertiary alicyclic amines) is 2. The van der Waals surface area contributed by atoms with Crippen molar-refractivity contribution in [2.75, 3.05) is 46.3 Å². The van der Waals surface area contributed by atoms with E-state index in [4.69, 9.17) is 11.6 Å². The van der Waals surface area contributed by atoms with Gasteiger partial charge in [0.05, 0.1) is 0 Å². The number of hydrogen-bond donors (Lipinski definition) is 2. The quantitative estimate of drug-likeness (QED) is 0.575. The highest BCUT2D eigenvalue weighted by molar-refractivity contribution is 4.98. The van der Waals surface area contributed by atoms with E-state index < -0.39 is 0 Å². The van der Waals surface area contributed by atoms with Crippen LogP contribution >= 0.6 is 0 Å². The molecule has 134 valence electrons. The SMILES string of the molecule is CC(C)C1CCN(CC2CCN(C/C(N)=C/N(C)N)CC2)CC1. The second kappa shape index (κ2) is 8.90. The topological polar surface area (TPSA) is 61.8 Å². The minimum absolute atomic E-state index is 0.841. The van der Waals surface area contributed by atoms with E-state index in [2.05, 4.69) is 23.6 Å². The largest absolute Gasteiger partial charge is 0.400 e. The predicted octanol–water partition coefficient (Wildman–Crippen LogP) is 1.67. The van der Waals surface area contributed by atoms with E-state index in [1.165, 1.54) is 50.3 Å². The molecule has 2 rings (SSSR count). The van der Waals surface area contributed by atoms with Crippen LogP contribution in [0, 0.1) is 17.8 Å². The van der Waals surface area contributed by atoms with Crippen molar-refractivity contribution in [3.05, 3.63) is 11.9 Å². The summed E-state index contributed by atoms with van der Waals surface area (Å²) in [7, 11) is 1.81. The van der Waals surface area contributed by atoms with Crippen LogP contribution in [0.1, 0.15) is 39.5 Å². The average Bonchev–Trinajstić information content (AvgIpc) is 2.49. The number of nitrogens with two attached hydrogens (primary N) is 2. The zero-order valence-electron chi connectivity index (χ0n) is 15.4. The van der Waals surface area contributed by atoms with Crippen molar-refractivity contribution in [3.63, 3.8) is 0 Å². The summed E-state index contributed by atoms with van der Waals surface area (Å²) in [6.45, 7) is 11.8. The Morgan fingerprint density at radius 1 is 1.09 bits per heavy atom. The van der Waals surface area contributed by atoms with Crippen molar-refractivity contribution in [2.24, 2.45) is 29.3 Å². The molecule has 5 nitrogen and oxygen atoms in total. The summed E-state index contributed by atoms with van der Waals surface area (Å²) in [5.74, 6) is 8.27. The predicted molar refractivity (Wildman–Crippen MR) is 97.4 cm³/mol. The molecule has 2 aliphatic rings. The number of piperidine rings is 2. The summed E-state index contributed by atoms with van der Waals surface area (Å²) in [6.07, 6.45) is 7.20. The molecule has 0 aromatic heterocycles. The molecular weight excluding hydrogens is 286 g/mol. The maximum Gasteiger partial charge on any atom is 0.0400 e. The monoisotopic (exact) mass is 323 g/mol. The van der Waals surface area contributed by atoms with Crippen molar-refractivity contribution in [1.29, 1.82) is 0 Å². The molecule has 0 saturated carbocycles. The zero-order chi connectivity index (χ0) is 16.8. The van der Waals surface area contributed by atoms with E-state index >= 15 is 0 Å². The molecule has 0 aromatic carbocycles. The summed E-state index contributed by atoms with van der Waals surface area (Å²) < 4.78 is 0. The molecule has 2 fully saturated rings. The Hall–Kier alpha value is -0.780. The molecule has 0 aliphatic carbocycles. The molecule has 0 atom stereocenters. The van der Waals surface area contributed by atoms with Crippen LogP contribution in [0.3, 0.4) is 0 Å². The van der Waals surface area contributed by atoms with Gasteiger partial charge in [-0.1, -0.05) is 13.8 Å². The number of hydrazine groups is 1. The van der Waals surface area contributed by atoms with Crippen LogP contribution in [0.2, 0.25) is 0 Å². The summed E-state index contributed by atoms with van der Waals surface area (Å²) in [4.78, 5) is 5.16. The third-order valence-electron chi connectivity index (χ3n) is 5.57. The molecule has 2 aliphatic heterocycles. The first-order valence-corrected chi connectivity index (χ1v) is 9.32. The molecule has 0 unspecified atom stereocenters. The van der Waals surface area contributed by atoms with Gasteiger partial charge in [0.2, 0.25) is 0 Å². The van der Waals surface area contributed by atoms with Gasteiger partial charge < -0.3 is 15.6 Å². The molecule has 0 radical (unpaired) electrons. The van der Waals surface area contributed by atoms with Gasteiger partial charge in [0, 0.05) is 32.0 Å². The summed E-state index contributed by atoms with van der Waals surface area (Å²) >= 11 is 0. The lowest BCUT2D eigenvalue weighted by Gasteiger charge is -2.38. The van der Waals surface area contributed by atoms with Crippen LogP contribution in [0.4, 0.5) is 0 Å². The van der Waals surface area contributed by atoms with Crippen LogP contribution in [0.15, 0.2) is 11.9 Å². The van der Waals surface area contributed by atoms with Gasteiger partial charge in [0.15, 0.2) is 0 Å². The Morgan fingerprint density at radius 2 is 1.65 bits per heavy atom. The molecular formula is C18H37N5. The fourth-order valence-electron chi connectivity index (χ4n) is 4.06. The molecule has 0 bridgehead atoms. The highest BCUT2D eigenvalue weighted by Crippen LogP contribution is 2.26. The van der Waals surface area contributed by atoms with E-state index in [0.29, 0.717) is 0 Å². The lowest BCUT2D eigenvalue weighted by Crippen LogP contribution is -2.42. The number of rotatable bonds is 6. The van der Waals surface area contributed by atoms with Crippen LogP contribution in [0.5, 0.6) is 0 Å². The van der Waals surface area contributed by atoms with Gasteiger partial charge in [0.25, 0.3) is 0 Å². The van der Waals surface area contributed by atoms with Crippen LogP contribution < -0.4 is 11.6 Å². The second-order valence-corrected chi connectivity index (χ2v) is 7.97. The van der Waals surface area contributed by atoms with E-state index in [-0.39, 0.29) is 0 Å². The fraction of sp³-hybridized carbons (Fsp3) is 0.889. The standard InChI is InChI=1S/C18H37N5/c1-15(2)17-6-10-22(11-7-17)12-16-4-8-23(9-5-16)14-18(19)13-21(3)20/h13,15-17H,4-12,14,19-20H2,1-3H3/b18-13-. The van der Waals surface area contributed by atoms with E-state index in [0.717, 1.165) is 43.1 Å². The van der Waals surface area contributed by atoms with Gasteiger partial charge >= 0.3 is 0 Å². The second-order valence-electron chi connectivity index (χ2n) is 7.97. The van der Waals surface area contributed by atoms with Gasteiger partial charge in [-0.2, -0.15) is 0 Å². The maximum atomic E-state index is 6.02. The zero-order valence-corrected chi connectivity index (χ0v) is 15.4. The molecule has 2 heterocycles. The normalized spacial score (nSPS) is 23.6. The molecule has 0 amide bonds. The van der Waals surface area contributed by atoms with E-state index in [1.807, 2.05) is 13.2 Å². The smallest absolute Gasteiger partial charge is 0.0400 e. The third kappa shape index (κ3) is 6.32. The van der Waals surface area contributed by atoms with Crippen LogP contribution in [-0.4, -0.2) is 61.1 Å². The Kier molecular flexibility index (Phi) is 7.18. The first-order chi connectivity index (χ1) is 10.9. The first-order valence-electron chi connectivity index (χ1n) is 9.32. The Bertz CT molecular complexity index is 364. The lowest BCUT2D eigenvalue weighted by molar-refractivity contribution is 0.110. The van der Waals surface area contributed by atoms with E-state index in [9.17, 15) is 0 Å². The van der Waals surface area contributed by atoms with Crippen molar-refractivity contribution >= 4 is 0 Å². The third-order valence-corrected chi connectivity index (χ3v) is 5.57. The summed E-state index contributed by atoms with van der Waals surface area (Å²) in [5.41, 5.74) is 6.87. The fourth-order valence-corrected chi connectivity index (χ4v) is 4.06. The van der Waals surface area contributed by atoms with Crippen molar-refractivity contribution in [3.8, 4) is 0 Å². The highest BCUT2D eigenvalue weighted by Gasteiger charge is 2.25. The van der Waals surface area contributed by atoms with E-state index in [1.54, 1.807) is 0 Å². The minimum Gasteiger partial charge on any atom is -0.400 e. The molecule has 0 spiro atoms. The van der Waals surface area contributed by atoms with Crippen molar-refractivity contribution < 1.29 is 0 Å². The molecule has 2 saturated heterocycles. The average molecular weight is 324 g/mol. The van der Waals surface area contributed by atoms with Gasteiger partial charge in [-0.3, -0.25) is 4.90 Å². The minimum atomic E-state index is 0.841. The lowest BCUT2D eigenvalue weighted by atomic mass is 9.86. The van der Waals surface area contributed by atoms with Crippen molar-refractivity contribution in [1.82, 2.24) is 14.8 Å². The van der Waals surface area contributed by atoms with Gasteiger partial charge in [0.1, 0.15) is 0 Å². The van der Waals surface area contributed by atoms with Crippen molar-refractivity contribution in [2.45, 2.75) is 39.5 Å². The maximum absolute atomic E-state index is 6.02. The summed E-state index contributed by atoms with van der Waals surface area (Å²) in [5, 5.41) is 1.53. The Morgan fingerprint density at radius 3 is 2.17 bits per heavy atom. The van der Waals surface area contributed by atoms with Crippen LogP contribution in [0.25, 0.3) is 0 Å². The Balaban J connectivity index is 1.65.